The van der Waals surface area contributed by atoms with Gasteiger partial charge in [0.05, 0.1) is 43.4 Å². The number of nitrogens with two attached hydrogens (primary N) is 1. The molecular weight excluding hydrogens is 550 g/mol. The van der Waals surface area contributed by atoms with Crippen LogP contribution in [0.25, 0.3) is 28.1 Å². The van der Waals surface area contributed by atoms with Crippen LogP contribution >= 0.6 is 0 Å². The Morgan fingerprint density at radius 2 is 1.88 bits per heavy atom. The van der Waals surface area contributed by atoms with Crippen molar-refractivity contribution in [1.29, 1.82) is 0 Å². The Hall–Kier alpha value is -4.78. The second-order valence-electron chi connectivity index (χ2n) is 10.8. The molecule has 11 nitrogen and oxygen atoms in total. The molecule has 0 unspecified atom stereocenters. The number of nitrogens with zero attached hydrogens (tertiary/aromatic N) is 5. The number of carbonyl (C=O) groups excluding carboxylic acids is 2. The number of benzene rings is 2. The van der Waals surface area contributed by atoms with Crippen LogP contribution in [0.5, 0.6) is 11.5 Å². The Kier molecular flexibility index (Phi) is 6.68. The summed E-state index contributed by atoms with van der Waals surface area (Å²) >= 11 is 0. The van der Waals surface area contributed by atoms with E-state index in [1.165, 1.54) is 16.5 Å². The van der Waals surface area contributed by atoms with Gasteiger partial charge in [0.25, 0.3) is 5.91 Å². The molecule has 0 spiro atoms. The van der Waals surface area contributed by atoms with Gasteiger partial charge in [-0.15, -0.1) is 0 Å². The third-order valence-corrected chi connectivity index (χ3v) is 7.36. The quantitative estimate of drug-likeness (QED) is 0.372. The van der Waals surface area contributed by atoms with Crippen molar-refractivity contribution in [2.75, 3.05) is 26.9 Å². The number of ether oxygens (including phenoxy) is 3. The average Bonchev–Trinajstić information content (AvgIpc) is 3.56. The number of halogens is 2. The Morgan fingerprint density at radius 1 is 1.12 bits per heavy atom. The molecule has 2 amide bonds. The van der Waals surface area contributed by atoms with Gasteiger partial charge >= 0.3 is 0 Å². The lowest BCUT2D eigenvalue weighted by Gasteiger charge is -2.41. The van der Waals surface area contributed by atoms with Crippen LogP contribution in [-0.2, 0) is 22.7 Å². The summed E-state index contributed by atoms with van der Waals surface area (Å²) < 4.78 is 49.0. The predicted octanol–water partition coefficient (Wildman–Crippen LogP) is 3.32. The van der Waals surface area contributed by atoms with Crippen LogP contribution in [0.1, 0.15) is 29.9 Å². The summed E-state index contributed by atoms with van der Waals surface area (Å²) in [7, 11) is 1.51. The Morgan fingerprint density at radius 3 is 2.57 bits per heavy atom. The maximum absolute atomic E-state index is 14.4. The van der Waals surface area contributed by atoms with E-state index in [9.17, 15) is 18.4 Å². The lowest BCUT2D eigenvalue weighted by atomic mass is 9.96. The van der Waals surface area contributed by atoms with Crippen molar-refractivity contribution in [3.63, 3.8) is 0 Å². The zero-order chi connectivity index (χ0) is 29.8. The van der Waals surface area contributed by atoms with E-state index >= 15 is 0 Å². The highest BCUT2D eigenvalue weighted by molar-refractivity contribution is 5.97. The number of morpholine rings is 1. The molecule has 2 aliphatic heterocycles. The van der Waals surface area contributed by atoms with Gasteiger partial charge in [-0.25, -0.2) is 13.5 Å². The largest absolute Gasteiger partial charge is 0.496 e. The third kappa shape index (κ3) is 4.75. The number of fused-ring (bicyclic) bond motifs is 3. The lowest BCUT2D eigenvalue weighted by molar-refractivity contribution is -0.118. The van der Waals surface area contributed by atoms with Gasteiger partial charge in [-0.1, -0.05) is 0 Å². The smallest absolute Gasteiger partial charge is 0.275 e. The second kappa shape index (κ2) is 10.2. The van der Waals surface area contributed by atoms with Crippen molar-refractivity contribution in [3.8, 4) is 39.6 Å². The molecule has 0 atom stereocenters. The topological polar surface area (TPSA) is 127 Å². The highest BCUT2D eigenvalue weighted by atomic mass is 19.1. The molecule has 0 bridgehead atoms. The molecule has 4 aromatic rings. The molecule has 1 fully saturated rings. The van der Waals surface area contributed by atoms with Crippen LogP contribution in [0.15, 0.2) is 42.7 Å². The molecule has 6 rings (SSSR count). The summed E-state index contributed by atoms with van der Waals surface area (Å²) in [6, 6.07) is 6.53. The fourth-order valence-electron chi connectivity index (χ4n) is 5.41. The molecule has 2 aromatic heterocycles. The minimum absolute atomic E-state index is 0.00891. The van der Waals surface area contributed by atoms with Gasteiger partial charge in [0.1, 0.15) is 36.3 Å². The van der Waals surface area contributed by atoms with E-state index in [1.54, 1.807) is 29.4 Å². The van der Waals surface area contributed by atoms with Crippen molar-refractivity contribution in [3.05, 3.63) is 65.6 Å². The molecule has 13 heteroatoms. The van der Waals surface area contributed by atoms with Crippen molar-refractivity contribution in [1.82, 2.24) is 24.5 Å². The Bertz CT molecular complexity index is 1710. The van der Waals surface area contributed by atoms with Crippen LogP contribution in [-0.4, -0.2) is 68.7 Å². The average molecular weight is 579 g/mol. The van der Waals surface area contributed by atoms with E-state index in [2.05, 4.69) is 10.2 Å². The minimum Gasteiger partial charge on any atom is -0.496 e. The maximum Gasteiger partial charge on any atom is 0.275 e. The number of hydrogen-bond acceptors (Lipinski definition) is 7. The zero-order valence-corrected chi connectivity index (χ0v) is 23.2. The van der Waals surface area contributed by atoms with Gasteiger partial charge in [0.2, 0.25) is 5.91 Å². The van der Waals surface area contributed by atoms with Crippen molar-refractivity contribution in [2.24, 2.45) is 5.73 Å². The fourth-order valence-corrected chi connectivity index (χ4v) is 5.41. The van der Waals surface area contributed by atoms with E-state index in [0.717, 1.165) is 18.2 Å². The number of amides is 2. The highest BCUT2D eigenvalue weighted by Gasteiger charge is 2.39. The van der Waals surface area contributed by atoms with E-state index in [0.29, 0.717) is 59.2 Å². The van der Waals surface area contributed by atoms with Gasteiger partial charge in [-0.05, 0) is 32.0 Å². The van der Waals surface area contributed by atoms with Gasteiger partial charge in [0.15, 0.2) is 5.69 Å². The monoisotopic (exact) mass is 578 g/mol. The van der Waals surface area contributed by atoms with Crippen LogP contribution in [0.4, 0.5) is 8.78 Å². The first-order valence-corrected chi connectivity index (χ1v) is 13.2. The number of methoxy groups -OCH3 is 1. The SMILES string of the molecule is COc1cc2c(cc1-c1cnn(CC(N)=O)c1)-c1c(c(C(=O)N3CCOCC3(C)C)nn1-c1cc(F)cc(F)c1)CO2. The summed E-state index contributed by atoms with van der Waals surface area (Å²) in [5.74, 6) is -1.58. The minimum atomic E-state index is -0.791. The summed E-state index contributed by atoms with van der Waals surface area (Å²) in [6.07, 6.45) is 3.21. The molecule has 42 heavy (non-hydrogen) atoms. The predicted molar refractivity (Wildman–Crippen MR) is 146 cm³/mol. The zero-order valence-electron chi connectivity index (χ0n) is 23.2. The molecule has 0 saturated carbocycles. The molecule has 0 radical (unpaired) electrons. The normalized spacial score (nSPS) is 15.5. The molecule has 2 aliphatic rings. The van der Waals surface area contributed by atoms with E-state index in [1.807, 2.05) is 13.8 Å². The molecule has 2 N–H and O–H groups in total. The number of aromatic nitrogens is 4. The van der Waals surface area contributed by atoms with E-state index in [4.69, 9.17) is 19.9 Å². The second-order valence-corrected chi connectivity index (χ2v) is 10.8. The number of rotatable bonds is 6. The van der Waals surface area contributed by atoms with Crippen LogP contribution < -0.4 is 15.2 Å². The van der Waals surface area contributed by atoms with Gasteiger partial charge < -0.3 is 24.8 Å². The lowest BCUT2D eigenvalue weighted by Crippen LogP contribution is -2.55. The molecular formula is C29H28F2N6O5. The van der Waals surface area contributed by atoms with E-state index < -0.39 is 23.1 Å². The molecule has 4 heterocycles. The van der Waals surface area contributed by atoms with Crippen LogP contribution in [0, 0.1) is 11.6 Å². The molecule has 2 aromatic carbocycles. The Balaban J connectivity index is 1.56. The van der Waals surface area contributed by atoms with Crippen molar-refractivity contribution in [2.45, 2.75) is 32.5 Å². The number of hydrogen-bond donors (Lipinski definition) is 1. The van der Waals surface area contributed by atoms with Crippen molar-refractivity contribution < 1.29 is 32.6 Å². The first-order valence-electron chi connectivity index (χ1n) is 13.2. The van der Waals surface area contributed by atoms with Gasteiger partial charge in [-0.2, -0.15) is 10.2 Å². The summed E-state index contributed by atoms with van der Waals surface area (Å²) in [5, 5.41) is 8.85. The van der Waals surface area contributed by atoms with Crippen molar-refractivity contribution >= 4 is 11.8 Å². The summed E-state index contributed by atoms with van der Waals surface area (Å²) in [5.41, 5.74) is 7.60. The number of carbonyl (C=O) groups is 2. The van der Waals surface area contributed by atoms with Gasteiger partial charge in [0, 0.05) is 47.1 Å². The third-order valence-electron chi connectivity index (χ3n) is 7.36. The Labute approximate surface area is 239 Å². The van der Waals surface area contributed by atoms with E-state index in [-0.39, 0.29) is 30.4 Å². The first kappa shape index (κ1) is 27.4. The standard InChI is InChI=1S/C29H28F2N6O5/c1-29(2)15-41-5-4-36(29)28(39)26-22-14-42-24-10-23(40-3)20(16-11-33-35(12-16)13-25(32)38)9-21(24)27(22)37(34-26)19-7-17(30)6-18(31)8-19/h6-12H,4-5,13-15H2,1-3H3,(H2,32,38). The number of primary amides is 1. The first-order chi connectivity index (χ1) is 20.1. The summed E-state index contributed by atoms with van der Waals surface area (Å²) in [4.78, 5) is 27.1. The molecule has 1 saturated heterocycles. The van der Waals surface area contributed by atoms with Crippen LogP contribution in [0.2, 0.25) is 0 Å². The van der Waals surface area contributed by atoms with Gasteiger partial charge in [-0.3, -0.25) is 14.3 Å². The maximum atomic E-state index is 14.4. The van der Waals surface area contributed by atoms with Crippen LogP contribution in [0.3, 0.4) is 0 Å². The summed E-state index contributed by atoms with van der Waals surface area (Å²) in [6.45, 7) is 4.77. The molecule has 0 aliphatic carbocycles. The fraction of sp³-hybridized carbons (Fsp3) is 0.310. The highest BCUT2D eigenvalue weighted by Crippen LogP contribution is 2.46. The molecule has 218 valence electrons.